The number of pyridine rings is 1. The van der Waals surface area contributed by atoms with Crippen molar-refractivity contribution in [3.8, 4) is 0 Å². The first kappa shape index (κ1) is 22.6. The van der Waals surface area contributed by atoms with E-state index in [0.717, 1.165) is 42.3 Å². The molecule has 9 heteroatoms. The van der Waals surface area contributed by atoms with Gasteiger partial charge in [-0.25, -0.2) is 8.42 Å². The van der Waals surface area contributed by atoms with Gasteiger partial charge in [-0.15, -0.1) is 0 Å². The number of rotatable bonds is 11. The fourth-order valence-corrected chi connectivity index (χ4v) is 3.93. The SMILES string of the molecule is CS(=O)(=O)N(CCCCCN=C(N)Nc1ccncc1)OCC1CCCCC1. The zero-order valence-corrected chi connectivity index (χ0v) is 17.5. The number of unbranched alkanes of at least 4 members (excludes halogenated alkanes) is 2. The van der Waals surface area contributed by atoms with Crippen molar-refractivity contribution in [1.29, 1.82) is 0 Å². The predicted molar refractivity (Wildman–Crippen MR) is 112 cm³/mol. The van der Waals surface area contributed by atoms with E-state index < -0.39 is 10.0 Å². The highest BCUT2D eigenvalue weighted by molar-refractivity contribution is 7.88. The summed E-state index contributed by atoms with van der Waals surface area (Å²) < 4.78 is 25.0. The van der Waals surface area contributed by atoms with Crippen LogP contribution in [0, 0.1) is 5.92 Å². The smallest absolute Gasteiger partial charge is 0.233 e. The summed E-state index contributed by atoms with van der Waals surface area (Å²) in [6.45, 7) is 1.46. The van der Waals surface area contributed by atoms with Crippen LogP contribution in [0.1, 0.15) is 51.4 Å². The van der Waals surface area contributed by atoms with Crippen molar-refractivity contribution >= 4 is 21.7 Å². The molecule has 8 nitrogen and oxygen atoms in total. The second-order valence-electron chi connectivity index (χ2n) is 7.28. The molecule has 0 saturated heterocycles. The van der Waals surface area contributed by atoms with Crippen LogP contribution in [-0.2, 0) is 14.9 Å². The van der Waals surface area contributed by atoms with Gasteiger partial charge in [-0.05, 0) is 43.7 Å². The number of hydrogen-bond acceptors (Lipinski definition) is 5. The molecule has 1 aromatic heterocycles. The van der Waals surface area contributed by atoms with Crippen molar-refractivity contribution in [2.75, 3.05) is 31.3 Å². The number of aromatic nitrogens is 1. The Hall–Kier alpha value is -1.71. The van der Waals surface area contributed by atoms with Gasteiger partial charge in [0.1, 0.15) is 0 Å². The number of hydroxylamine groups is 1. The molecule has 2 rings (SSSR count). The van der Waals surface area contributed by atoms with Crippen molar-refractivity contribution < 1.29 is 13.3 Å². The number of guanidine groups is 1. The number of nitrogens with zero attached hydrogens (tertiary/aromatic N) is 3. The summed E-state index contributed by atoms with van der Waals surface area (Å²) in [7, 11) is -3.36. The molecule has 1 fully saturated rings. The van der Waals surface area contributed by atoms with Crippen molar-refractivity contribution in [3.05, 3.63) is 24.5 Å². The fourth-order valence-electron chi connectivity index (χ4n) is 3.22. The predicted octanol–water partition coefficient (Wildman–Crippen LogP) is 2.75. The Morgan fingerprint density at radius 3 is 2.64 bits per heavy atom. The summed E-state index contributed by atoms with van der Waals surface area (Å²) in [4.78, 5) is 13.9. The summed E-state index contributed by atoms with van der Waals surface area (Å²) in [5.74, 6) is 0.836. The Morgan fingerprint density at radius 2 is 1.96 bits per heavy atom. The van der Waals surface area contributed by atoms with Crippen LogP contribution < -0.4 is 11.1 Å². The van der Waals surface area contributed by atoms with E-state index in [4.69, 9.17) is 10.6 Å². The van der Waals surface area contributed by atoms with Gasteiger partial charge in [0, 0.05) is 31.2 Å². The van der Waals surface area contributed by atoms with E-state index in [1.807, 2.05) is 12.1 Å². The van der Waals surface area contributed by atoms with Gasteiger partial charge in [-0.3, -0.25) is 14.8 Å². The topological polar surface area (TPSA) is 110 Å². The van der Waals surface area contributed by atoms with Gasteiger partial charge >= 0.3 is 0 Å². The molecular weight excluding hydrogens is 378 g/mol. The molecule has 3 N–H and O–H groups in total. The lowest BCUT2D eigenvalue weighted by Crippen LogP contribution is -2.33. The molecule has 0 radical (unpaired) electrons. The third-order valence-corrected chi connectivity index (χ3v) is 5.81. The lowest BCUT2D eigenvalue weighted by atomic mass is 9.90. The monoisotopic (exact) mass is 411 g/mol. The molecule has 158 valence electrons. The minimum Gasteiger partial charge on any atom is -0.370 e. The first-order chi connectivity index (χ1) is 13.4. The van der Waals surface area contributed by atoms with Gasteiger partial charge in [0.2, 0.25) is 10.0 Å². The van der Waals surface area contributed by atoms with E-state index in [9.17, 15) is 8.42 Å². The quantitative estimate of drug-likeness (QED) is 0.251. The van der Waals surface area contributed by atoms with E-state index in [2.05, 4.69) is 15.3 Å². The fraction of sp³-hybridized carbons (Fsp3) is 0.684. The van der Waals surface area contributed by atoms with Crippen LogP contribution in [0.2, 0.25) is 0 Å². The third kappa shape index (κ3) is 8.99. The van der Waals surface area contributed by atoms with Crippen LogP contribution in [0.15, 0.2) is 29.5 Å². The average Bonchev–Trinajstić information content (AvgIpc) is 2.67. The molecule has 0 bridgehead atoms. The van der Waals surface area contributed by atoms with Gasteiger partial charge in [0.15, 0.2) is 5.96 Å². The van der Waals surface area contributed by atoms with Crippen LogP contribution in [-0.4, -0.2) is 49.8 Å². The standard InChI is InChI=1S/C19H33N5O3S/c1-28(25,26)24(27-16-17-8-4-2-5-9-17)15-7-3-6-12-22-19(20)23-18-10-13-21-14-11-18/h10-11,13-14,17H,2-9,12,15-16H2,1H3,(H3,20,21,22,23). The first-order valence-electron chi connectivity index (χ1n) is 10.0. The molecule has 0 unspecified atom stereocenters. The Balaban J connectivity index is 1.64. The number of hydrogen-bond donors (Lipinski definition) is 2. The maximum Gasteiger partial charge on any atom is 0.233 e. The minimum absolute atomic E-state index is 0.361. The van der Waals surface area contributed by atoms with Gasteiger partial charge < -0.3 is 11.1 Å². The summed E-state index contributed by atoms with van der Waals surface area (Å²) in [5.41, 5.74) is 6.69. The maximum atomic E-state index is 11.9. The van der Waals surface area contributed by atoms with Gasteiger partial charge in [-0.1, -0.05) is 30.2 Å². The van der Waals surface area contributed by atoms with Crippen molar-refractivity contribution in [2.45, 2.75) is 51.4 Å². The van der Waals surface area contributed by atoms with E-state index in [-0.39, 0.29) is 0 Å². The number of nitrogens with one attached hydrogen (secondary N) is 1. The molecule has 0 atom stereocenters. The molecule has 1 heterocycles. The van der Waals surface area contributed by atoms with Gasteiger partial charge in [0.25, 0.3) is 0 Å². The molecule has 28 heavy (non-hydrogen) atoms. The Bertz CT molecular complexity index is 691. The van der Waals surface area contributed by atoms with Crippen molar-refractivity contribution in [1.82, 2.24) is 9.45 Å². The second-order valence-corrected chi connectivity index (χ2v) is 9.15. The molecule has 0 aromatic carbocycles. The number of anilines is 1. The number of nitrogens with two attached hydrogens (primary N) is 1. The van der Waals surface area contributed by atoms with Gasteiger partial charge in [0.05, 0.1) is 12.9 Å². The Morgan fingerprint density at radius 1 is 1.25 bits per heavy atom. The van der Waals surface area contributed by atoms with Crippen LogP contribution in [0.4, 0.5) is 5.69 Å². The van der Waals surface area contributed by atoms with Crippen LogP contribution in [0.25, 0.3) is 0 Å². The summed E-state index contributed by atoms with van der Waals surface area (Å²) in [6, 6.07) is 3.63. The zero-order chi connectivity index (χ0) is 20.2. The normalized spacial score (nSPS) is 16.4. The van der Waals surface area contributed by atoms with Gasteiger partial charge in [-0.2, -0.15) is 0 Å². The molecular formula is C19H33N5O3S. The Kier molecular flexibility index (Phi) is 9.66. The average molecular weight is 412 g/mol. The molecule has 0 spiro atoms. The molecule has 0 amide bonds. The highest BCUT2D eigenvalue weighted by Gasteiger charge is 2.20. The van der Waals surface area contributed by atoms with Crippen molar-refractivity contribution in [2.24, 2.45) is 16.6 Å². The summed E-state index contributed by atoms with van der Waals surface area (Å²) in [5, 5.41) is 3.00. The van der Waals surface area contributed by atoms with E-state index >= 15 is 0 Å². The zero-order valence-electron chi connectivity index (χ0n) is 16.7. The minimum atomic E-state index is -3.36. The highest BCUT2D eigenvalue weighted by atomic mass is 32.2. The summed E-state index contributed by atoms with van der Waals surface area (Å²) in [6.07, 6.45) is 12.9. The lowest BCUT2D eigenvalue weighted by Gasteiger charge is -2.25. The number of sulfonamides is 1. The molecule has 0 aliphatic heterocycles. The highest BCUT2D eigenvalue weighted by Crippen LogP contribution is 2.24. The van der Waals surface area contributed by atoms with Crippen LogP contribution in [0.3, 0.4) is 0 Å². The molecule has 1 aromatic rings. The summed E-state index contributed by atoms with van der Waals surface area (Å²) >= 11 is 0. The van der Waals surface area contributed by atoms with E-state index in [1.54, 1.807) is 12.4 Å². The molecule has 1 aliphatic carbocycles. The van der Waals surface area contributed by atoms with E-state index in [1.165, 1.54) is 25.5 Å². The largest absolute Gasteiger partial charge is 0.370 e. The van der Waals surface area contributed by atoms with Crippen molar-refractivity contribution in [3.63, 3.8) is 0 Å². The third-order valence-electron chi connectivity index (χ3n) is 4.78. The first-order valence-corrected chi connectivity index (χ1v) is 11.9. The maximum absolute atomic E-state index is 11.9. The van der Waals surface area contributed by atoms with E-state index in [0.29, 0.717) is 31.6 Å². The van der Waals surface area contributed by atoms with Crippen LogP contribution >= 0.6 is 0 Å². The number of aliphatic imine (C=N–C) groups is 1. The Labute approximate surface area is 168 Å². The van der Waals surface area contributed by atoms with Crippen LogP contribution in [0.5, 0.6) is 0 Å². The lowest BCUT2D eigenvalue weighted by molar-refractivity contribution is -0.102. The molecule has 1 aliphatic rings. The second kappa shape index (κ2) is 12.0. The molecule has 1 saturated carbocycles.